The van der Waals surface area contributed by atoms with Gasteiger partial charge in [0.15, 0.2) is 5.12 Å². The highest BCUT2D eigenvalue weighted by atomic mass is 32.2. The lowest BCUT2D eigenvalue weighted by Gasteiger charge is -1.99. The molecule has 0 aliphatic heterocycles. The molecule has 1 nitrogen and oxygen atoms in total. The molecule has 0 saturated carbocycles. The van der Waals surface area contributed by atoms with E-state index in [-0.39, 0.29) is 5.12 Å². The maximum atomic E-state index is 11.0. The first-order valence-electron chi connectivity index (χ1n) is 6.73. The van der Waals surface area contributed by atoms with Crippen LogP contribution in [0.3, 0.4) is 0 Å². The number of hydrogen-bond donors (Lipinski definition) is 0. The minimum absolute atomic E-state index is 0.115. The van der Waals surface area contributed by atoms with E-state index in [0.717, 1.165) is 16.9 Å². The molecule has 2 heteroatoms. The molecule has 2 rings (SSSR count). The molecule has 0 spiro atoms. The first-order chi connectivity index (χ1) is 9.67. The lowest BCUT2D eigenvalue weighted by Crippen LogP contribution is -1.81. The second-order valence-corrected chi connectivity index (χ2v) is 5.84. The van der Waals surface area contributed by atoms with Crippen LogP contribution in [0.2, 0.25) is 0 Å². The van der Waals surface area contributed by atoms with E-state index in [1.165, 1.54) is 22.9 Å². The fourth-order valence-electron chi connectivity index (χ4n) is 1.87. The molecular formula is C18H18OS. The van der Waals surface area contributed by atoms with Gasteiger partial charge >= 0.3 is 0 Å². The van der Waals surface area contributed by atoms with Crippen molar-refractivity contribution in [2.75, 3.05) is 0 Å². The minimum Gasteiger partial charge on any atom is -0.287 e. The Morgan fingerprint density at radius 3 is 1.90 bits per heavy atom. The molecule has 0 saturated heterocycles. The van der Waals surface area contributed by atoms with Crippen molar-refractivity contribution in [3.05, 3.63) is 65.2 Å². The number of thioether (sulfide) groups is 1. The molecular weight excluding hydrogens is 264 g/mol. The third kappa shape index (κ3) is 4.39. The normalized spacial score (nSPS) is 10.9. The SMILES string of the molecule is CCc1ccc(/C=C/c2ccc(SC(C)=O)cc2)cc1. The fourth-order valence-corrected chi connectivity index (χ4v) is 2.47. The first kappa shape index (κ1) is 14.6. The summed E-state index contributed by atoms with van der Waals surface area (Å²) in [5.74, 6) is 0. The number of carbonyl (C=O) groups excluding carboxylic acids is 1. The van der Waals surface area contributed by atoms with Crippen LogP contribution in [-0.4, -0.2) is 5.12 Å². The highest BCUT2D eigenvalue weighted by Crippen LogP contribution is 2.19. The van der Waals surface area contributed by atoms with Gasteiger partial charge in [0.1, 0.15) is 0 Å². The van der Waals surface area contributed by atoms with E-state index >= 15 is 0 Å². The summed E-state index contributed by atoms with van der Waals surface area (Å²) in [6.07, 6.45) is 5.26. The van der Waals surface area contributed by atoms with Crippen LogP contribution in [0.25, 0.3) is 12.2 Å². The third-order valence-electron chi connectivity index (χ3n) is 3.00. The molecule has 0 heterocycles. The van der Waals surface area contributed by atoms with Crippen LogP contribution in [0.5, 0.6) is 0 Å². The van der Waals surface area contributed by atoms with Crippen LogP contribution in [0, 0.1) is 0 Å². The highest BCUT2D eigenvalue weighted by Gasteiger charge is 1.97. The van der Waals surface area contributed by atoms with Gasteiger partial charge in [-0.3, -0.25) is 4.79 Å². The van der Waals surface area contributed by atoms with E-state index in [1.54, 1.807) is 6.92 Å². The average Bonchev–Trinajstić information content (AvgIpc) is 2.46. The smallest absolute Gasteiger partial charge is 0.190 e. The Bertz CT molecular complexity index is 594. The molecule has 20 heavy (non-hydrogen) atoms. The summed E-state index contributed by atoms with van der Waals surface area (Å²) in [6, 6.07) is 16.6. The van der Waals surface area contributed by atoms with E-state index in [0.29, 0.717) is 0 Å². The molecule has 0 amide bonds. The molecule has 2 aromatic rings. The van der Waals surface area contributed by atoms with Crippen LogP contribution in [-0.2, 0) is 11.2 Å². The van der Waals surface area contributed by atoms with Crippen molar-refractivity contribution in [3.63, 3.8) is 0 Å². The van der Waals surface area contributed by atoms with Gasteiger partial charge in [-0.15, -0.1) is 0 Å². The second-order valence-electron chi connectivity index (χ2n) is 4.59. The Morgan fingerprint density at radius 1 is 0.950 bits per heavy atom. The minimum atomic E-state index is 0.115. The van der Waals surface area contributed by atoms with Crippen molar-refractivity contribution < 1.29 is 4.79 Å². The Labute approximate surface area is 124 Å². The van der Waals surface area contributed by atoms with Crippen molar-refractivity contribution in [1.82, 2.24) is 0 Å². The largest absolute Gasteiger partial charge is 0.287 e. The summed E-state index contributed by atoms with van der Waals surface area (Å²) in [5, 5.41) is 0.115. The molecule has 0 aromatic heterocycles. The van der Waals surface area contributed by atoms with Crippen LogP contribution < -0.4 is 0 Å². The first-order valence-corrected chi connectivity index (χ1v) is 7.54. The third-order valence-corrected chi connectivity index (χ3v) is 3.79. The Morgan fingerprint density at radius 2 is 1.45 bits per heavy atom. The number of hydrogen-bond acceptors (Lipinski definition) is 2. The predicted molar refractivity (Wildman–Crippen MR) is 87.7 cm³/mol. The maximum absolute atomic E-state index is 11.0. The molecule has 0 aliphatic rings. The average molecular weight is 282 g/mol. The molecule has 102 valence electrons. The van der Waals surface area contributed by atoms with Crippen LogP contribution >= 0.6 is 11.8 Å². The molecule has 0 fully saturated rings. The molecule has 0 unspecified atom stereocenters. The molecule has 0 bridgehead atoms. The fraction of sp³-hybridized carbons (Fsp3) is 0.167. The van der Waals surface area contributed by atoms with Gasteiger partial charge in [-0.25, -0.2) is 0 Å². The van der Waals surface area contributed by atoms with Gasteiger partial charge in [0, 0.05) is 11.8 Å². The van der Waals surface area contributed by atoms with Gasteiger partial charge < -0.3 is 0 Å². The summed E-state index contributed by atoms with van der Waals surface area (Å²) in [7, 11) is 0. The lowest BCUT2D eigenvalue weighted by atomic mass is 10.1. The Hall–Kier alpha value is -1.80. The zero-order valence-electron chi connectivity index (χ0n) is 11.8. The maximum Gasteiger partial charge on any atom is 0.190 e. The van der Waals surface area contributed by atoms with Gasteiger partial charge in [0.05, 0.1) is 0 Å². The molecule has 0 radical (unpaired) electrons. The van der Waals surface area contributed by atoms with Gasteiger partial charge in [-0.1, -0.05) is 67.2 Å². The predicted octanol–water partition coefficient (Wildman–Crippen LogP) is 5.06. The van der Waals surface area contributed by atoms with Crippen LogP contribution in [0.15, 0.2) is 53.4 Å². The Balaban J connectivity index is 2.04. The van der Waals surface area contributed by atoms with E-state index in [2.05, 4.69) is 43.3 Å². The number of aryl methyl sites for hydroxylation is 1. The molecule has 0 aliphatic carbocycles. The van der Waals surface area contributed by atoms with Gasteiger partial charge in [-0.2, -0.15) is 0 Å². The van der Waals surface area contributed by atoms with Crippen molar-refractivity contribution in [1.29, 1.82) is 0 Å². The topological polar surface area (TPSA) is 17.1 Å². The zero-order chi connectivity index (χ0) is 14.4. The highest BCUT2D eigenvalue weighted by molar-refractivity contribution is 8.13. The number of rotatable bonds is 4. The van der Waals surface area contributed by atoms with E-state index in [9.17, 15) is 4.79 Å². The van der Waals surface area contributed by atoms with Gasteiger partial charge in [0.25, 0.3) is 0 Å². The second kappa shape index (κ2) is 7.11. The van der Waals surface area contributed by atoms with Crippen LogP contribution in [0.1, 0.15) is 30.5 Å². The van der Waals surface area contributed by atoms with Crippen molar-refractivity contribution in [2.45, 2.75) is 25.2 Å². The quantitative estimate of drug-likeness (QED) is 0.576. The monoisotopic (exact) mass is 282 g/mol. The molecule has 2 aromatic carbocycles. The number of carbonyl (C=O) groups is 1. The summed E-state index contributed by atoms with van der Waals surface area (Å²) in [6.45, 7) is 3.74. The van der Waals surface area contributed by atoms with Crippen molar-refractivity contribution in [2.24, 2.45) is 0 Å². The van der Waals surface area contributed by atoms with E-state index in [1.807, 2.05) is 24.3 Å². The van der Waals surface area contributed by atoms with E-state index in [4.69, 9.17) is 0 Å². The molecule has 0 N–H and O–H groups in total. The standard InChI is InChI=1S/C18H18OS/c1-3-15-4-6-16(7-5-15)8-9-17-10-12-18(13-11-17)20-14(2)19/h4-13H,3H2,1-2H3/b9-8+. The van der Waals surface area contributed by atoms with Crippen LogP contribution in [0.4, 0.5) is 0 Å². The summed E-state index contributed by atoms with van der Waals surface area (Å²) in [4.78, 5) is 12.0. The number of benzene rings is 2. The zero-order valence-corrected chi connectivity index (χ0v) is 12.6. The van der Waals surface area contributed by atoms with Crippen molar-refractivity contribution in [3.8, 4) is 0 Å². The summed E-state index contributed by atoms with van der Waals surface area (Å²) >= 11 is 1.26. The van der Waals surface area contributed by atoms with Gasteiger partial charge in [-0.05, 0) is 35.2 Å². The molecule has 0 atom stereocenters. The summed E-state index contributed by atoms with van der Waals surface area (Å²) in [5.41, 5.74) is 3.69. The van der Waals surface area contributed by atoms with E-state index < -0.39 is 0 Å². The summed E-state index contributed by atoms with van der Waals surface area (Å²) < 4.78 is 0. The lowest BCUT2D eigenvalue weighted by molar-refractivity contribution is -0.109. The van der Waals surface area contributed by atoms with Gasteiger partial charge in [0.2, 0.25) is 0 Å². The van der Waals surface area contributed by atoms with Crippen molar-refractivity contribution >= 4 is 29.0 Å². The Kier molecular flexibility index (Phi) is 5.19.